The monoisotopic (exact) mass is 549 g/mol. The lowest BCUT2D eigenvalue weighted by atomic mass is 9.79. The lowest BCUT2D eigenvalue weighted by molar-refractivity contribution is -0.138. The first-order valence-corrected chi connectivity index (χ1v) is 12.7. The molecule has 0 bridgehead atoms. The standard InChI is InChI=1S/C25H31F4N9O/c1-23(2)10-15(11-24(3,4)34-23)31-20-17(26)12-30-21(33-20)32-14-8-16(25(27,28)29)19(13-6-7-13)18(9-14)38-22(39)37(5)35-36-38/h8-9,12-13,15,34H,6-7,10-11H2,1-5H3,(H2,30,31,32,33). The molecule has 1 aromatic carbocycles. The normalized spacial score (nSPS) is 19.2. The van der Waals surface area contributed by atoms with Gasteiger partial charge in [-0.05, 0) is 87.4 Å². The third-order valence-electron chi connectivity index (χ3n) is 6.93. The molecule has 2 aromatic heterocycles. The van der Waals surface area contributed by atoms with Crippen LogP contribution in [0.25, 0.3) is 5.69 Å². The van der Waals surface area contributed by atoms with Crippen molar-refractivity contribution >= 4 is 17.5 Å². The van der Waals surface area contributed by atoms with E-state index >= 15 is 0 Å². The Morgan fingerprint density at radius 1 is 1.08 bits per heavy atom. The van der Waals surface area contributed by atoms with Gasteiger partial charge >= 0.3 is 11.9 Å². The van der Waals surface area contributed by atoms with Crippen LogP contribution < -0.4 is 21.6 Å². The van der Waals surface area contributed by atoms with Crippen molar-refractivity contribution in [2.24, 2.45) is 7.05 Å². The number of piperidine rings is 1. The van der Waals surface area contributed by atoms with E-state index in [2.05, 4.69) is 64.0 Å². The van der Waals surface area contributed by atoms with Gasteiger partial charge in [0.2, 0.25) is 5.95 Å². The van der Waals surface area contributed by atoms with Crippen molar-refractivity contribution in [1.82, 2.24) is 35.1 Å². The van der Waals surface area contributed by atoms with Crippen LogP contribution in [0.15, 0.2) is 23.1 Å². The van der Waals surface area contributed by atoms with E-state index in [1.807, 2.05) is 0 Å². The zero-order valence-corrected chi connectivity index (χ0v) is 22.3. The smallest absolute Gasteiger partial charge is 0.365 e. The summed E-state index contributed by atoms with van der Waals surface area (Å²) < 4.78 is 59.1. The Hall–Kier alpha value is -3.55. The van der Waals surface area contributed by atoms with Crippen molar-refractivity contribution in [3.8, 4) is 5.69 Å². The van der Waals surface area contributed by atoms with Gasteiger partial charge in [0.1, 0.15) is 0 Å². The van der Waals surface area contributed by atoms with Crippen LogP contribution in [0.2, 0.25) is 0 Å². The van der Waals surface area contributed by atoms with E-state index in [1.54, 1.807) is 0 Å². The number of halogens is 4. The van der Waals surface area contributed by atoms with Gasteiger partial charge in [0.05, 0.1) is 17.4 Å². The van der Waals surface area contributed by atoms with Crippen molar-refractivity contribution in [2.75, 3.05) is 10.6 Å². The second kappa shape index (κ2) is 9.28. The highest BCUT2D eigenvalue weighted by Crippen LogP contribution is 2.49. The number of nitrogens with zero attached hydrogens (tertiary/aromatic N) is 6. The number of aryl methyl sites for hydroxylation is 1. The molecule has 2 fully saturated rings. The Morgan fingerprint density at radius 3 is 2.31 bits per heavy atom. The van der Waals surface area contributed by atoms with E-state index in [0.717, 1.165) is 21.6 Å². The van der Waals surface area contributed by atoms with E-state index in [1.165, 1.54) is 13.1 Å². The fourth-order valence-corrected chi connectivity index (χ4v) is 5.66. The molecule has 0 radical (unpaired) electrons. The van der Waals surface area contributed by atoms with Gasteiger partial charge < -0.3 is 16.0 Å². The number of anilines is 3. The lowest BCUT2D eigenvalue weighted by Gasteiger charge is -2.46. The second-order valence-electron chi connectivity index (χ2n) is 11.7. The summed E-state index contributed by atoms with van der Waals surface area (Å²) in [6, 6.07) is 2.24. The molecule has 0 amide bonds. The van der Waals surface area contributed by atoms with Gasteiger partial charge in [-0.2, -0.15) is 27.5 Å². The summed E-state index contributed by atoms with van der Waals surface area (Å²) in [6.07, 6.45) is -1.18. The van der Waals surface area contributed by atoms with Gasteiger partial charge in [0.15, 0.2) is 11.6 Å². The maximum atomic E-state index is 14.7. The fraction of sp³-hybridized carbons (Fsp3) is 0.560. The molecule has 2 aliphatic rings. The lowest BCUT2D eigenvalue weighted by Crippen LogP contribution is -2.60. The fourth-order valence-electron chi connectivity index (χ4n) is 5.66. The highest BCUT2D eigenvalue weighted by Gasteiger charge is 2.41. The van der Waals surface area contributed by atoms with Crippen molar-refractivity contribution in [3.63, 3.8) is 0 Å². The summed E-state index contributed by atoms with van der Waals surface area (Å²) >= 11 is 0. The highest BCUT2D eigenvalue weighted by atomic mass is 19.4. The highest BCUT2D eigenvalue weighted by molar-refractivity contribution is 5.65. The molecule has 3 N–H and O–H groups in total. The van der Waals surface area contributed by atoms with Crippen LogP contribution in [0, 0.1) is 5.82 Å². The number of hydrogen-bond donors (Lipinski definition) is 3. The molecule has 0 atom stereocenters. The van der Waals surface area contributed by atoms with Crippen LogP contribution in [-0.4, -0.2) is 46.9 Å². The Bertz CT molecular complexity index is 1440. The van der Waals surface area contributed by atoms with Gasteiger partial charge in [-0.3, -0.25) is 0 Å². The summed E-state index contributed by atoms with van der Waals surface area (Å²) in [6.45, 7) is 8.26. The largest absolute Gasteiger partial charge is 0.416 e. The molecule has 1 aliphatic carbocycles. The van der Waals surface area contributed by atoms with E-state index in [9.17, 15) is 22.4 Å². The molecule has 1 saturated carbocycles. The first kappa shape index (κ1) is 27.0. The molecular weight excluding hydrogens is 518 g/mol. The van der Waals surface area contributed by atoms with Gasteiger partial charge in [0, 0.05) is 29.9 Å². The third kappa shape index (κ3) is 5.75. The van der Waals surface area contributed by atoms with Crippen LogP contribution >= 0.6 is 0 Å². The number of benzene rings is 1. The third-order valence-corrected chi connectivity index (χ3v) is 6.93. The van der Waals surface area contributed by atoms with E-state index in [0.29, 0.717) is 25.7 Å². The average molecular weight is 550 g/mol. The Balaban J connectivity index is 1.51. The summed E-state index contributed by atoms with van der Waals surface area (Å²) in [5.41, 5.74) is -2.02. The SMILES string of the molecule is Cn1nnn(-c2cc(Nc3ncc(F)c(NC4CC(C)(C)NC(C)(C)C4)n3)cc(C(F)(F)F)c2C2CC2)c1=O. The molecule has 39 heavy (non-hydrogen) atoms. The molecule has 3 aromatic rings. The van der Waals surface area contributed by atoms with Crippen LogP contribution in [0.3, 0.4) is 0 Å². The number of rotatable bonds is 6. The van der Waals surface area contributed by atoms with Crippen LogP contribution in [-0.2, 0) is 13.2 Å². The predicted molar refractivity (Wildman–Crippen MR) is 137 cm³/mol. The summed E-state index contributed by atoms with van der Waals surface area (Å²) in [5.74, 6) is -1.18. The maximum Gasteiger partial charge on any atom is 0.416 e. The van der Waals surface area contributed by atoms with Gasteiger partial charge in [-0.15, -0.1) is 0 Å². The quantitative estimate of drug-likeness (QED) is 0.391. The Morgan fingerprint density at radius 2 is 1.74 bits per heavy atom. The molecule has 5 rings (SSSR count). The summed E-state index contributed by atoms with van der Waals surface area (Å²) in [7, 11) is 1.36. The van der Waals surface area contributed by atoms with Crippen LogP contribution in [0.5, 0.6) is 0 Å². The van der Waals surface area contributed by atoms with Crippen LogP contribution in [0.1, 0.15) is 70.4 Å². The first-order valence-electron chi connectivity index (χ1n) is 12.7. The van der Waals surface area contributed by atoms with Crippen molar-refractivity contribution in [2.45, 2.75) is 82.6 Å². The second-order valence-corrected chi connectivity index (χ2v) is 11.7. The molecule has 3 heterocycles. The molecule has 14 heteroatoms. The topological polar surface area (TPSA) is 115 Å². The van der Waals surface area contributed by atoms with E-state index in [4.69, 9.17) is 0 Å². The Kier molecular flexibility index (Phi) is 6.43. The Labute approximate surface area is 222 Å². The average Bonchev–Trinajstić information content (AvgIpc) is 3.58. The first-order chi connectivity index (χ1) is 18.1. The van der Waals surface area contributed by atoms with Crippen molar-refractivity contribution in [3.05, 3.63) is 45.8 Å². The molecule has 1 saturated heterocycles. The molecule has 0 spiro atoms. The molecule has 210 valence electrons. The van der Waals surface area contributed by atoms with Gasteiger partial charge in [-0.1, -0.05) is 0 Å². The minimum absolute atomic E-state index is 0.00540. The minimum atomic E-state index is -4.69. The minimum Gasteiger partial charge on any atom is -0.365 e. The van der Waals surface area contributed by atoms with Crippen molar-refractivity contribution in [1.29, 1.82) is 0 Å². The number of alkyl halides is 3. The molecule has 0 unspecified atom stereocenters. The summed E-state index contributed by atoms with van der Waals surface area (Å²) in [5, 5.41) is 16.9. The predicted octanol–water partition coefficient (Wildman–Crippen LogP) is 4.26. The number of tetrazole rings is 1. The van der Waals surface area contributed by atoms with E-state index in [-0.39, 0.29) is 51.7 Å². The molecule has 1 aliphatic heterocycles. The zero-order valence-electron chi connectivity index (χ0n) is 22.3. The number of hydrogen-bond acceptors (Lipinski definition) is 8. The summed E-state index contributed by atoms with van der Waals surface area (Å²) in [4.78, 5) is 20.7. The van der Waals surface area contributed by atoms with Gasteiger partial charge in [-0.25, -0.2) is 14.2 Å². The number of nitrogens with one attached hydrogen (secondary N) is 3. The molecular formula is C25H31F4N9O. The van der Waals surface area contributed by atoms with E-state index < -0.39 is 23.2 Å². The molecule has 10 nitrogen and oxygen atoms in total. The van der Waals surface area contributed by atoms with Crippen molar-refractivity contribution < 1.29 is 17.6 Å². The van der Waals surface area contributed by atoms with Crippen LogP contribution in [0.4, 0.5) is 35.0 Å². The van der Waals surface area contributed by atoms with Gasteiger partial charge in [0.25, 0.3) is 0 Å². The maximum absolute atomic E-state index is 14.7. The number of aromatic nitrogens is 6. The zero-order chi connectivity index (χ0) is 28.3.